The fourth-order valence-corrected chi connectivity index (χ4v) is 4.32. The van der Waals surface area contributed by atoms with Crippen molar-refractivity contribution in [3.8, 4) is 5.75 Å². The largest absolute Gasteiger partial charge is 0.496 e. The zero-order chi connectivity index (χ0) is 20.0. The van der Waals surface area contributed by atoms with Gasteiger partial charge in [-0.15, -0.1) is 0 Å². The predicted molar refractivity (Wildman–Crippen MR) is 115 cm³/mol. The number of aromatic nitrogens is 2. The Labute approximate surface area is 176 Å². The van der Waals surface area contributed by atoms with Gasteiger partial charge in [-0.25, -0.2) is 4.98 Å². The Balaban J connectivity index is 1.68. The molecule has 1 atom stereocenters. The molecule has 1 unspecified atom stereocenters. The number of nitrogens with zero attached hydrogens (tertiary/aromatic N) is 2. The molecule has 0 fully saturated rings. The molecule has 0 saturated carbocycles. The van der Waals surface area contributed by atoms with E-state index in [0.29, 0.717) is 6.54 Å². The van der Waals surface area contributed by atoms with Crippen LogP contribution in [0.1, 0.15) is 33.4 Å². The molecule has 1 aliphatic rings. The standard InChI is InChI=1S/C23H18BrN3O2/c1-29-20-9-5-2-6-16(20)21(22-25-18-7-3-4-8-19(18)26-22)27-13-14-10-11-15(24)12-17(14)23(27)28/h2-12,21H,13H2,1H3,(H,25,26). The molecule has 1 N–H and O–H groups in total. The van der Waals surface area contributed by atoms with Crippen LogP contribution >= 0.6 is 15.9 Å². The van der Waals surface area contributed by atoms with Crippen molar-refractivity contribution in [3.63, 3.8) is 0 Å². The maximum atomic E-state index is 13.4. The normalized spacial score (nSPS) is 14.3. The van der Waals surface area contributed by atoms with Crippen molar-refractivity contribution in [2.45, 2.75) is 12.6 Å². The summed E-state index contributed by atoms with van der Waals surface area (Å²) in [5.74, 6) is 1.43. The van der Waals surface area contributed by atoms with Gasteiger partial charge in [0.2, 0.25) is 0 Å². The highest BCUT2D eigenvalue weighted by Crippen LogP contribution is 2.39. The molecule has 144 valence electrons. The Hall–Kier alpha value is -3.12. The third-order valence-electron chi connectivity index (χ3n) is 5.32. The number of rotatable bonds is 4. The van der Waals surface area contributed by atoms with Crippen LogP contribution in [0, 0.1) is 0 Å². The molecule has 1 aliphatic heterocycles. The number of aromatic amines is 1. The number of fused-ring (bicyclic) bond motifs is 2. The van der Waals surface area contributed by atoms with E-state index >= 15 is 0 Å². The molecule has 6 heteroatoms. The average molecular weight is 448 g/mol. The molecule has 0 bridgehead atoms. The number of ether oxygens (including phenoxy) is 1. The smallest absolute Gasteiger partial charge is 0.255 e. The predicted octanol–water partition coefficient (Wildman–Crippen LogP) is 5.08. The highest BCUT2D eigenvalue weighted by molar-refractivity contribution is 9.10. The second-order valence-electron chi connectivity index (χ2n) is 7.02. The van der Waals surface area contributed by atoms with Crippen molar-refractivity contribution in [2.75, 3.05) is 7.11 Å². The van der Waals surface area contributed by atoms with Gasteiger partial charge in [0.1, 0.15) is 17.6 Å². The summed E-state index contributed by atoms with van der Waals surface area (Å²) < 4.78 is 6.52. The van der Waals surface area contributed by atoms with Gasteiger partial charge in [0.05, 0.1) is 18.1 Å². The molecule has 0 spiro atoms. The summed E-state index contributed by atoms with van der Waals surface area (Å²) >= 11 is 3.48. The number of methoxy groups -OCH3 is 1. The molecule has 0 saturated heterocycles. The van der Waals surface area contributed by atoms with E-state index in [2.05, 4.69) is 20.9 Å². The minimum atomic E-state index is -0.391. The monoisotopic (exact) mass is 447 g/mol. The Morgan fingerprint density at radius 1 is 1.10 bits per heavy atom. The molecule has 2 heterocycles. The highest BCUT2D eigenvalue weighted by atomic mass is 79.9. The van der Waals surface area contributed by atoms with Crippen molar-refractivity contribution in [2.24, 2.45) is 0 Å². The van der Waals surface area contributed by atoms with Gasteiger partial charge in [0.25, 0.3) is 5.91 Å². The van der Waals surface area contributed by atoms with Gasteiger partial charge >= 0.3 is 0 Å². The number of nitrogens with one attached hydrogen (secondary N) is 1. The number of amides is 1. The Kier molecular flexibility index (Phi) is 4.36. The lowest BCUT2D eigenvalue weighted by Gasteiger charge is -2.28. The summed E-state index contributed by atoms with van der Waals surface area (Å²) in [7, 11) is 1.65. The van der Waals surface area contributed by atoms with E-state index in [4.69, 9.17) is 9.72 Å². The van der Waals surface area contributed by atoms with Crippen LogP contribution < -0.4 is 4.74 Å². The summed E-state index contributed by atoms with van der Waals surface area (Å²) in [6.45, 7) is 0.515. The third-order valence-corrected chi connectivity index (χ3v) is 5.81. The Morgan fingerprint density at radius 2 is 1.90 bits per heavy atom. The van der Waals surface area contributed by atoms with Gasteiger partial charge in [0.15, 0.2) is 0 Å². The number of carbonyl (C=O) groups is 1. The molecule has 5 nitrogen and oxygen atoms in total. The van der Waals surface area contributed by atoms with E-state index in [1.165, 1.54) is 0 Å². The SMILES string of the molecule is COc1ccccc1C(c1nc2ccccc2[nH]1)N1Cc2ccc(Br)cc2C1=O. The maximum absolute atomic E-state index is 13.4. The lowest BCUT2D eigenvalue weighted by Crippen LogP contribution is -2.31. The van der Waals surface area contributed by atoms with Gasteiger partial charge in [-0.1, -0.05) is 52.3 Å². The summed E-state index contributed by atoms with van der Waals surface area (Å²) in [4.78, 5) is 23.4. The quantitative estimate of drug-likeness (QED) is 0.474. The number of imidazole rings is 1. The number of hydrogen-bond donors (Lipinski definition) is 1. The molecular weight excluding hydrogens is 430 g/mol. The third kappa shape index (κ3) is 3.00. The highest BCUT2D eigenvalue weighted by Gasteiger charge is 2.37. The first-order valence-electron chi connectivity index (χ1n) is 9.32. The fourth-order valence-electron chi connectivity index (χ4n) is 3.96. The van der Waals surface area contributed by atoms with Crippen LogP contribution in [0.15, 0.2) is 71.2 Å². The molecule has 0 radical (unpaired) electrons. The number of halogens is 1. The van der Waals surface area contributed by atoms with Crippen LogP contribution in [0.5, 0.6) is 5.75 Å². The summed E-state index contributed by atoms with van der Waals surface area (Å²) in [6, 6.07) is 21.1. The van der Waals surface area contributed by atoms with E-state index in [-0.39, 0.29) is 5.91 Å². The minimum Gasteiger partial charge on any atom is -0.496 e. The molecule has 4 aromatic rings. The zero-order valence-corrected chi connectivity index (χ0v) is 17.3. The van der Waals surface area contributed by atoms with Crippen molar-refractivity contribution >= 4 is 32.9 Å². The minimum absolute atomic E-state index is 0.0161. The van der Waals surface area contributed by atoms with Crippen LogP contribution in [0.3, 0.4) is 0 Å². The second kappa shape index (κ2) is 7.04. The first kappa shape index (κ1) is 17.9. The molecule has 29 heavy (non-hydrogen) atoms. The molecule has 1 aromatic heterocycles. The second-order valence-corrected chi connectivity index (χ2v) is 7.93. The fraction of sp³-hybridized carbons (Fsp3) is 0.130. The molecular formula is C23H18BrN3O2. The first-order chi connectivity index (χ1) is 14.2. The average Bonchev–Trinajstić information content (AvgIpc) is 3.30. The number of para-hydroxylation sites is 3. The lowest BCUT2D eigenvalue weighted by atomic mass is 10.0. The van der Waals surface area contributed by atoms with Gasteiger partial charge in [0, 0.05) is 22.1 Å². The first-order valence-corrected chi connectivity index (χ1v) is 10.1. The van der Waals surface area contributed by atoms with Gasteiger partial charge in [-0.2, -0.15) is 0 Å². The van der Waals surface area contributed by atoms with Crippen molar-refractivity contribution in [3.05, 3.63) is 93.7 Å². The van der Waals surface area contributed by atoms with E-state index in [9.17, 15) is 4.79 Å². The van der Waals surface area contributed by atoms with Crippen LogP contribution in [0.4, 0.5) is 0 Å². The van der Waals surface area contributed by atoms with Gasteiger partial charge < -0.3 is 14.6 Å². The van der Waals surface area contributed by atoms with E-state index in [1.54, 1.807) is 7.11 Å². The number of hydrogen-bond acceptors (Lipinski definition) is 3. The maximum Gasteiger partial charge on any atom is 0.255 e. The number of H-pyrrole nitrogens is 1. The molecule has 3 aromatic carbocycles. The van der Waals surface area contributed by atoms with Crippen LogP contribution in [-0.4, -0.2) is 27.9 Å². The van der Waals surface area contributed by atoms with E-state index < -0.39 is 6.04 Å². The van der Waals surface area contributed by atoms with Gasteiger partial charge in [-0.3, -0.25) is 4.79 Å². The number of benzene rings is 3. The molecule has 5 rings (SSSR count). The zero-order valence-electron chi connectivity index (χ0n) is 15.7. The Morgan fingerprint density at radius 3 is 2.72 bits per heavy atom. The van der Waals surface area contributed by atoms with Crippen molar-refractivity contribution < 1.29 is 9.53 Å². The van der Waals surface area contributed by atoms with Crippen LogP contribution in [0.2, 0.25) is 0 Å². The molecule has 0 aliphatic carbocycles. The topological polar surface area (TPSA) is 58.2 Å². The van der Waals surface area contributed by atoms with Crippen molar-refractivity contribution in [1.82, 2.24) is 14.9 Å². The van der Waals surface area contributed by atoms with Crippen molar-refractivity contribution in [1.29, 1.82) is 0 Å². The van der Waals surface area contributed by atoms with E-state index in [0.717, 1.165) is 43.8 Å². The number of carbonyl (C=O) groups excluding carboxylic acids is 1. The summed E-state index contributed by atoms with van der Waals surface area (Å²) in [6.07, 6.45) is 0. The lowest BCUT2D eigenvalue weighted by molar-refractivity contribution is 0.0723. The van der Waals surface area contributed by atoms with Crippen LogP contribution in [-0.2, 0) is 6.54 Å². The summed E-state index contributed by atoms with van der Waals surface area (Å²) in [5, 5.41) is 0. The van der Waals surface area contributed by atoms with Crippen LogP contribution in [0.25, 0.3) is 11.0 Å². The summed E-state index contributed by atoms with van der Waals surface area (Å²) in [5.41, 5.74) is 4.43. The van der Waals surface area contributed by atoms with E-state index in [1.807, 2.05) is 71.6 Å². The Bertz CT molecular complexity index is 1200. The van der Waals surface area contributed by atoms with Gasteiger partial charge in [-0.05, 0) is 35.9 Å². The molecule has 1 amide bonds.